The molecule has 3 aromatic rings. The number of fused-ring (bicyclic) bond motifs is 2. The topological polar surface area (TPSA) is 49.7 Å². The Hall–Kier alpha value is -3.77. The van der Waals surface area contributed by atoms with Crippen LogP contribution in [0.3, 0.4) is 0 Å². The van der Waals surface area contributed by atoms with Crippen molar-refractivity contribution in [3.63, 3.8) is 0 Å². The van der Waals surface area contributed by atoms with Gasteiger partial charge < -0.3 is 23.6 Å². The van der Waals surface area contributed by atoms with Gasteiger partial charge in [0, 0.05) is 36.0 Å². The molecule has 0 fully saturated rings. The number of ether oxygens (including phenoxy) is 1. The lowest BCUT2D eigenvalue weighted by Crippen LogP contribution is -2.40. The smallest absolute Gasteiger partial charge is 0.374 e. The number of quaternary nitrogens is 1. The molecule has 0 atom stereocenters. The van der Waals surface area contributed by atoms with Crippen molar-refractivity contribution in [3.05, 3.63) is 90.0 Å². The van der Waals surface area contributed by atoms with E-state index in [-0.39, 0.29) is 11.2 Å². The summed E-state index contributed by atoms with van der Waals surface area (Å²) in [5.74, 6) is 1.86. The van der Waals surface area contributed by atoms with Crippen LogP contribution < -0.4 is 14.2 Å². The van der Waals surface area contributed by atoms with Gasteiger partial charge >= 0.3 is 5.89 Å². The number of hydrogen-bond acceptors (Lipinski definition) is 4. The number of benzene rings is 2. The number of aryl methyl sites for hydroxylation is 1. The number of rotatable bonds is 9. The van der Waals surface area contributed by atoms with Crippen LogP contribution in [0.15, 0.2) is 83.0 Å². The normalized spacial score (nSPS) is 16.6. The van der Waals surface area contributed by atoms with E-state index in [1.165, 1.54) is 16.9 Å². The molecule has 6 heteroatoms. The van der Waals surface area contributed by atoms with Gasteiger partial charge in [0.1, 0.15) is 11.5 Å². The quantitative estimate of drug-likeness (QED) is 0.217. The van der Waals surface area contributed by atoms with E-state index in [0.717, 1.165) is 41.2 Å². The molecule has 1 N–H and O–H groups in total. The molecule has 0 saturated heterocycles. The fraction of sp³-hybridized carbons (Fsp3) is 0.344. The fourth-order valence-electron chi connectivity index (χ4n) is 5.07. The summed E-state index contributed by atoms with van der Waals surface area (Å²) in [4.78, 5) is 2.25. The molecule has 0 aliphatic carbocycles. The van der Waals surface area contributed by atoms with Gasteiger partial charge in [-0.2, -0.15) is 4.57 Å². The zero-order valence-electron chi connectivity index (χ0n) is 23.7. The Kier molecular flexibility index (Phi) is 7.83. The van der Waals surface area contributed by atoms with Crippen molar-refractivity contribution in [2.75, 3.05) is 46.7 Å². The van der Waals surface area contributed by atoms with Crippen LogP contribution in [-0.2, 0) is 12.0 Å². The van der Waals surface area contributed by atoms with Crippen LogP contribution in [0.5, 0.6) is 11.5 Å². The van der Waals surface area contributed by atoms with Crippen LogP contribution in [0.4, 0.5) is 5.69 Å². The lowest BCUT2D eigenvalue weighted by atomic mass is 9.83. The second-order valence-corrected chi connectivity index (χ2v) is 11.4. The van der Waals surface area contributed by atoms with Crippen LogP contribution >= 0.6 is 0 Å². The molecule has 0 saturated carbocycles. The van der Waals surface area contributed by atoms with E-state index in [1.54, 1.807) is 19.2 Å². The van der Waals surface area contributed by atoms with Crippen LogP contribution in [0, 0.1) is 0 Å². The molecule has 0 radical (unpaired) electrons. The summed E-state index contributed by atoms with van der Waals surface area (Å²) in [5, 5.41) is 9.89. The maximum atomic E-state index is 9.89. The second kappa shape index (κ2) is 10.9. The highest BCUT2D eigenvalue weighted by Gasteiger charge is 2.38. The maximum Gasteiger partial charge on any atom is 0.374 e. The lowest BCUT2D eigenvalue weighted by Gasteiger charge is -2.23. The zero-order chi connectivity index (χ0) is 27.5. The molecule has 2 aromatic carbocycles. The molecule has 200 valence electrons. The number of phenolic OH excluding ortho intramolecular Hbond substituents is 1. The molecule has 0 bridgehead atoms. The first kappa shape index (κ1) is 27.3. The highest BCUT2D eigenvalue weighted by atomic mass is 16.5. The fourth-order valence-corrected chi connectivity index (χ4v) is 5.07. The third-order valence-corrected chi connectivity index (χ3v) is 7.10. The van der Waals surface area contributed by atoms with Crippen molar-refractivity contribution in [3.8, 4) is 11.5 Å². The molecule has 1 aliphatic rings. The van der Waals surface area contributed by atoms with Crippen LogP contribution in [-0.4, -0.2) is 51.4 Å². The predicted octanol–water partition coefficient (Wildman–Crippen LogP) is 5.97. The minimum atomic E-state index is -0.109. The molecular formula is C32H41N3O3+2. The number of oxazole rings is 1. The van der Waals surface area contributed by atoms with Gasteiger partial charge in [0.05, 0.1) is 47.3 Å². The van der Waals surface area contributed by atoms with E-state index in [0.29, 0.717) is 5.58 Å². The number of nitrogens with zero attached hydrogens (tertiary/aromatic N) is 3. The van der Waals surface area contributed by atoms with Crippen molar-refractivity contribution in [2.24, 2.45) is 0 Å². The van der Waals surface area contributed by atoms with Gasteiger partial charge in [-0.05, 0) is 35.9 Å². The summed E-state index contributed by atoms with van der Waals surface area (Å²) in [6.07, 6.45) is 15.3. The Bertz CT molecular complexity index is 1420. The Morgan fingerprint density at radius 3 is 2.50 bits per heavy atom. The highest BCUT2D eigenvalue weighted by Crippen LogP contribution is 2.48. The molecule has 0 unspecified atom stereocenters. The summed E-state index contributed by atoms with van der Waals surface area (Å²) in [6.45, 7) is 6.40. The van der Waals surface area contributed by atoms with Crippen molar-refractivity contribution < 1.29 is 23.3 Å². The van der Waals surface area contributed by atoms with Gasteiger partial charge in [-0.3, -0.25) is 0 Å². The van der Waals surface area contributed by atoms with E-state index in [2.05, 4.69) is 75.8 Å². The third kappa shape index (κ3) is 5.86. The number of anilines is 1. The van der Waals surface area contributed by atoms with E-state index in [4.69, 9.17) is 9.15 Å². The van der Waals surface area contributed by atoms with Crippen molar-refractivity contribution in [2.45, 2.75) is 32.2 Å². The Labute approximate surface area is 226 Å². The van der Waals surface area contributed by atoms with Crippen molar-refractivity contribution in [1.29, 1.82) is 0 Å². The van der Waals surface area contributed by atoms with Crippen molar-refractivity contribution in [1.82, 2.24) is 0 Å². The van der Waals surface area contributed by atoms with Gasteiger partial charge in [0.2, 0.25) is 5.58 Å². The minimum absolute atomic E-state index is 0.109. The number of allylic oxidation sites excluding steroid dienone is 7. The SMILES string of the molecule is COc1ccc2c(c1)C(C)(C)C(=CC=CC=CC=Cc1oc3cc(O)ccc3[n+]1CCC[N+](C)(C)C)N2C. The molecular weight excluding hydrogens is 474 g/mol. The number of likely N-dealkylation sites (N-methyl/N-ethyl adjacent to an activating group) is 1. The Morgan fingerprint density at radius 2 is 1.76 bits per heavy atom. The summed E-state index contributed by atoms with van der Waals surface area (Å²) < 4.78 is 14.6. The molecule has 1 aliphatic heterocycles. The minimum Gasteiger partial charge on any atom is -0.508 e. The highest BCUT2D eigenvalue weighted by molar-refractivity contribution is 5.72. The molecule has 38 heavy (non-hydrogen) atoms. The van der Waals surface area contributed by atoms with Gasteiger partial charge in [0.15, 0.2) is 6.54 Å². The third-order valence-electron chi connectivity index (χ3n) is 7.10. The predicted molar refractivity (Wildman–Crippen MR) is 155 cm³/mol. The number of methoxy groups -OCH3 is 1. The first-order valence-electron chi connectivity index (χ1n) is 13.1. The van der Waals surface area contributed by atoms with Crippen LogP contribution in [0.2, 0.25) is 0 Å². The summed E-state index contributed by atoms with van der Waals surface area (Å²) in [5.41, 5.74) is 5.28. The van der Waals surface area contributed by atoms with E-state index in [9.17, 15) is 5.11 Å². The molecule has 0 spiro atoms. The Balaban J connectivity index is 1.47. The van der Waals surface area contributed by atoms with E-state index < -0.39 is 0 Å². The number of aromatic nitrogens is 1. The second-order valence-electron chi connectivity index (χ2n) is 11.4. The summed E-state index contributed by atoms with van der Waals surface area (Å²) >= 11 is 0. The molecule has 6 nitrogen and oxygen atoms in total. The molecule has 1 aromatic heterocycles. The largest absolute Gasteiger partial charge is 0.508 e. The average molecular weight is 516 g/mol. The van der Waals surface area contributed by atoms with E-state index in [1.807, 2.05) is 42.5 Å². The van der Waals surface area contributed by atoms with E-state index >= 15 is 0 Å². The standard InChI is InChI=1S/C32H40N3O3/c1-32(2)26-23-25(37-7)17-19-27(26)33(3)30(32)14-11-9-8-10-12-15-31-34(20-13-21-35(4,5)6)28-18-16-24(36)22-29(28)38-31/h8-12,14-19,22-23H,13,20-21H2,1-7H3/q+1/p+1. The monoisotopic (exact) mass is 515 g/mol. The van der Waals surface area contributed by atoms with Crippen LogP contribution in [0.1, 0.15) is 31.7 Å². The summed E-state index contributed by atoms with van der Waals surface area (Å²) in [6, 6.07) is 11.6. The molecule has 4 rings (SSSR count). The van der Waals surface area contributed by atoms with Crippen LogP contribution in [0.25, 0.3) is 17.2 Å². The lowest BCUT2D eigenvalue weighted by molar-refractivity contribution is -0.873. The number of aromatic hydroxyl groups is 1. The molecule has 2 heterocycles. The number of phenols is 1. The summed E-state index contributed by atoms with van der Waals surface area (Å²) in [7, 11) is 10.4. The number of hydrogen-bond donors (Lipinski definition) is 1. The van der Waals surface area contributed by atoms with Gasteiger partial charge in [0.25, 0.3) is 5.52 Å². The maximum absolute atomic E-state index is 9.89. The van der Waals surface area contributed by atoms with Gasteiger partial charge in [-0.25, -0.2) is 0 Å². The Morgan fingerprint density at radius 1 is 1.03 bits per heavy atom. The van der Waals surface area contributed by atoms with Gasteiger partial charge in [-0.1, -0.05) is 44.2 Å². The van der Waals surface area contributed by atoms with Crippen molar-refractivity contribution >= 4 is 22.9 Å². The zero-order valence-corrected chi connectivity index (χ0v) is 23.7. The first-order valence-corrected chi connectivity index (χ1v) is 13.1. The first-order chi connectivity index (χ1) is 18.0. The molecule has 0 amide bonds. The van der Waals surface area contributed by atoms with Gasteiger partial charge in [-0.15, -0.1) is 0 Å². The average Bonchev–Trinajstić information content (AvgIpc) is 3.28.